The van der Waals surface area contributed by atoms with Gasteiger partial charge in [0.15, 0.2) is 5.82 Å². The maximum Gasteiger partial charge on any atom is 0.155 e. The molecular weight excluding hydrogens is 242 g/mol. The molecule has 16 heavy (non-hydrogen) atoms. The smallest absolute Gasteiger partial charge is 0.155 e. The third-order valence-electron chi connectivity index (χ3n) is 1.82. The highest BCUT2D eigenvalue weighted by Crippen LogP contribution is 2.11. The Morgan fingerprint density at radius 3 is 2.81 bits per heavy atom. The van der Waals surface area contributed by atoms with Crippen LogP contribution in [0.5, 0.6) is 0 Å². The number of hydrogen-bond acceptors (Lipinski definition) is 6. The summed E-state index contributed by atoms with van der Waals surface area (Å²) in [7, 11) is 0. The van der Waals surface area contributed by atoms with Crippen molar-refractivity contribution in [2.24, 2.45) is 5.73 Å². The van der Waals surface area contributed by atoms with Gasteiger partial charge in [0.2, 0.25) is 0 Å². The van der Waals surface area contributed by atoms with Crippen LogP contribution in [0.4, 0.5) is 5.82 Å². The van der Waals surface area contributed by atoms with E-state index in [0.29, 0.717) is 18.1 Å². The molecule has 0 aromatic carbocycles. The summed E-state index contributed by atoms with van der Waals surface area (Å²) in [5.41, 5.74) is 6.05. The molecule has 82 valence electrons. The molecule has 0 radical (unpaired) electrons. The summed E-state index contributed by atoms with van der Waals surface area (Å²) < 4.78 is 0. The first kappa shape index (κ1) is 10.9. The molecule has 0 bridgehead atoms. The Balaban J connectivity index is 2.12. The minimum atomic E-state index is 0.231. The molecular formula is C9H9N5S2. The van der Waals surface area contributed by atoms with E-state index in [1.807, 2.05) is 5.38 Å². The molecule has 0 atom stereocenters. The van der Waals surface area contributed by atoms with E-state index in [0.717, 1.165) is 5.01 Å². The summed E-state index contributed by atoms with van der Waals surface area (Å²) in [5, 5.41) is 5.99. The molecule has 0 saturated carbocycles. The van der Waals surface area contributed by atoms with E-state index in [2.05, 4.69) is 20.3 Å². The van der Waals surface area contributed by atoms with Crippen LogP contribution >= 0.6 is 23.6 Å². The Hall–Kier alpha value is -1.60. The lowest BCUT2D eigenvalue weighted by Crippen LogP contribution is -2.16. The molecule has 0 unspecified atom stereocenters. The molecule has 7 heteroatoms. The zero-order valence-electron chi connectivity index (χ0n) is 8.25. The molecule has 2 heterocycles. The van der Waals surface area contributed by atoms with Crippen LogP contribution in [0.2, 0.25) is 0 Å². The van der Waals surface area contributed by atoms with Gasteiger partial charge in [0.1, 0.15) is 15.7 Å². The van der Waals surface area contributed by atoms with Crippen molar-refractivity contribution >= 4 is 34.4 Å². The van der Waals surface area contributed by atoms with Gasteiger partial charge < -0.3 is 11.1 Å². The Bertz CT molecular complexity index is 482. The van der Waals surface area contributed by atoms with Crippen molar-refractivity contribution in [3.63, 3.8) is 0 Å². The second-order valence-corrected chi connectivity index (χ2v) is 4.32. The molecule has 2 rings (SSSR count). The Morgan fingerprint density at radius 1 is 1.31 bits per heavy atom. The number of thiocarbonyl (C=S) groups is 1. The van der Waals surface area contributed by atoms with Crippen LogP contribution in [-0.4, -0.2) is 19.9 Å². The summed E-state index contributed by atoms with van der Waals surface area (Å²) in [6.07, 6.45) is 4.90. The molecule has 2 aromatic rings. The number of rotatable bonds is 4. The van der Waals surface area contributed by atoms with Gasteiger partial charge >= 0.3 is 0 Å². The second kappa shape index (κ2) is 4.95. The van der Waals surface area contributed by atoms with Crippen LogP contribution in [-0.2, 0) is 6.54 Å². The third kappa shape index (κ3) is 2.50. The minimum Gasteiger partial charge on any atom is -0.388 e. The zero-order valence-corrected chi connectivity index (χ0v) is 9.88. The lowest BCUT2D eigenvalue weighted by Gasteiger charge is -2.06. The largest absolute Gasteiger partial charge is 0.388 e. The Morgan fingerprint density at radius 2 is 2.12 bits per heavy atom. The summed E-state index contributed by atoms with van der Waals surface area (Å²) in [6.45, 7) is 0.589. The van der Waals surface area contributed by atoms with Crippen molar-refractivity contribution in [1.82, 2.24) is 15.0 Å². The van der Waals surface area contributed by atoms with E-state index in [4.69, 9.17) is 18.0 Å². The molecule has 0 spiro atoms. The molecule has 0 aliphatic rings. The fourth-order valence-corrected chi connectivity index (χ4v) is 1.85. The average Bonchev–Trinajstić information content (AvgIpc) is 2.79. The van der Waals surface area contributed by atoms with E-state index in [-0.39, 0.29) is 4.99 Å². The van der Waals surface area contributed by atoms with Crippen molar-refractivity contribution in [2.45, 2.75) is 6.54 Å². The number of nitrogens with one attached hydrogen (secondary N) is 1. The highest BCUT2D eigenvalue weighted by molar-refractivity contribution is 7.80. The summed E-state index contributed by atoms with van der Waals surface area (Å²) in [5.74, 6) is 0.588. The SMILES string of the molecule is NC(=S)c1nccnc1NCc1nccs1. The van der Waals surface area contributed by atoms with Crippen molar-refractivity contribution < 1.29 is 0 Å². The molecule has 3 N–H and O–H groups in total. The number of thiazole rings is 1. The summed E-state index contributed by atoms with van der Waals surface area (Å²) in [4.78, 5) is 12.6. The topological polar surface area (TPSA) is 76.7 Å². The number of nitrogens with zero attached hydrogens (tertiary/aromatic N) is 3. The first-order valence-electron chi connectivity index (χ1n) is 4.50. The van der Waals surface area contributed by atoms with Gasteiger partial charge in [-0.25, -0.2) is 15.0 Å². The predicted octanol–water partition coefficient (Wildman–Crippen LogP) is 1.18. The highest BCUT2D eigenvalue weighted by Gasteiger charge is 2.07. The lowest BCUT2D eigenvalue weighted by molar-refractivity contribution is 1.06. The molecule has 0 aliphatic carbocycles. The van der Waals surface area contributed by atoms with E-state index in [9.17, 15) is 0 Å². The standard InChI is InChI=1S/C9H9N5S2/c10-8(15)7-9(13-2-1-12-7)14-5-6-11-3-4-16-6/h1-4H,5H2,(H2,10,15)(H,13,14). The van der Waals surface area contributed by atoms with Gasteiger partial charge in [0.05, 0.1) is 6.54 Å². The first-order valence-corrected chi connectivity index (χ1v) is 5.79. The number of hydrogen-bond donors (Lipinski definition) is 2. The normalized spacial score (nSPS) is 10.0. The van der Waals surface area contributed by atoms with Crippen LogP contribution in [0, 0.1) is 0 Å². The average molecular weight is 251 g/mol. The van der Waals surface area contributed by atoms with E-state index in [1.54, 1.807) is 29.9 Å². The van der Waals surface area contributed by atoms with Gasteiger partial charge in [-0.2, -0.15) is 0 Å². The number of nitrogens with two attached hydrogens (primary N) is 1. The molecule has 0 aliphatic heterocycles. The van der Waals surface area contributed by atoms with Gasteiger partial charge in [-0.05, 0) is 0 Å². The Kier molecular flexibility index (Phi) is 3.37. The van der Waals surface area contributed by atoms with Crippen molar-refractivity contribution in [3.8, 4) is 0 Å². The van der Waals surface area contributed by atoms with Crippen LogP contribution in [0.1, 0.15) is 10.7 Å². The third-order valence-corrected chi connectivity index (χ3v) is 2.80. The van der Waals surface area contributed by atoms with Crippen LogP contribution in [0.3, 0.4) is 0 Å². The summed E-state index contributed by atoms with van der Waals surface area (Å²) in [6, 6.07) is 0. The van der Waals surface area contributed by atoms with Crippen LogP contribution in [0.25, 0.3) is 0 Å². The maximum atomic E-state index is 5.54. The molecule has 0 amide bonds. The van der Waals surface area contributed by atoms with Crippen molar-refractivity contribution in [2.75, 3.05) is 5.32 Å². The van der Waals surface area contributed by atoms with Crippen LogP contribution < -0.4 is 11.1 Å². The number of aromatic nitrogens is 3. The summed E-state index contributed by atoms with van der Waals surface area (Å²) >= 11 is 6.46. The highest BCUT2D eigenvalue weighted by atomic mass is 32.1. The van der Waals surface area contributed by atoms with Crippen LogP contribution in [0.15, 0.2) is 24.0 Å². The predicted molar refractivity (Wildman–Crippen MR) is 67.4 cm³/mol. The minimum absolute atomic E-state index is 0.231. The van der Waals surface area contributed by atoms with E-state index in [1.165, 1.54) is 0 Å². The number of anilines is 1. The fourth-order valence-electron chi connectivity index (χ4n) is 1.15. The van der Waals surface area contributed by atoms with Gasteiger partial charge in [-0.1, -0.05) is 12.2 Å². The first-order chi connectivity index (χ1) is 7.77. The molecule has 2 aromatic heterocycles. The molecule has 0 saturated heterocycles. The zero-order chi connectivity index (χ0) is 11.4. The molecule has 0 fully saturated rings. The Labute approximate surface area is 102 Å². The van der Waals surface area contributed by atoms with Crippen molar-refractivity contribution in [3.05, 3.63) is 34.7 Å². The second-order valence-electron chi connectivity index (χ2n) is 2.90. The van der Waals surface area contributed by atoms with Gasteiger partial charge in [0.25, 0.3) is 0 Å². The lowest BCUT2D eigenvalue weighted by atomic mass is 10.4. The monoisotopic (exact) mass is 251 g/mol. The quantitative estimate of drug-likeness (QED) is 0.795. The maximum absolute atomic E-state index is 5.54. The molecule has 5 nitrogen and oxygen atoms in total. The fraction of sp³-hybridized carbons (Fsp3) is 0.111. The van der Waals surface area contributed by atoms with E-state index >= 15 is 0 Å². The van der Waals surface area contributed by atoms with E-state index < -0.39 is 0 Å². The van der Waals surface area contributed by atoms with Gasteiger partial charge in [-0.15, -0.1) is 11.3 Å². The van der Waals surface area contributed by atoms with Gasteiger partial charge in [-0.3, -0.25) is 0 Å². The van der Waals surface area contributed by atoms with Gasteiger partial charge in [0, 0.05) is 24.0 Å². The van der Waals surface area contributed by atoms with Crippen molar-refractivity contribution in [1.29, 1.82) is 0 Å².